The summed E-state index contributed by atoms with van der Waals surface area (Å²) < 4.78 is 5.87. The molecule has 0 aliphatic heterocycles. The van der Waals surface area contributed by atoms with E-state index in [1.165, 1.54) is 12.0 Å². The van der Waals surface area contributed by atoms with E-state index in [-0.39, 0.29) is 5.54 Å². The first-order valence-electron chi connectivity index (χ1n) is 8.68. The van der Waals surface area contributed by atoms with Crippen LogP contribution in [0.25, 0.3) is 0 Å². The van der Waals surface area contributed by atoms with Crippen LogP contribution in [0.3, 0.4) is 0 Å². The van der Waals surface area contributed by atoms with Crippen LogP contribution in [0.5, 0.6) is 0 Å². The molecule has 1 unspecified atom stereocenters. The predicted octanol–water partition coefficient (Wildman–Crippen LogP) is 5.19. The Balaban J connectivity index is 2.51. The SMILES string of the molecule is CCCCOCC(SCCC(N)(CC)CC)c1ccccc1. The van der Waals surface area contributed by atoms with Crippen molar-refractivity contribution in [3.05, 3.63) is 35.9 Å². The van der Waals surface area contributed by atoms with Crippen molar-refractivity contribution in [3.63, 3.8) is 0 Å². The molecule has 0 saturated heterocycles. The van der Waals surface area contributed by atoms with Gasteiger partial charge in [-0.05, 0) is 37.0 Å². The van der Waals surface area contributed by atoms with Gasteiger partial charge in [0.2, 0.25) is 0 Å². The maximum atomic E-state index is 6.42. The highest BCUT2D eigenvalue weighted by Gasteiger charge is 2.21. The molecule has 1 rings (SSSR count). The first kappa shape index (κ1) is 19.5. The minimum Gasteiger partial charge on any atom is -0.380 e. The van der Waals surface area contributed by atoms with E-state index in [0.717, 1.165) is 44.6 Å². The Morgan fingerprint density at radius 1 is 1.14 bits per heavy atom. The van der Waals surface area contributed by atoms with E-state index in [2.05, 4.69) is 51.1 Å². The van der Waals surface area contributed by atoms with Gasteiger partial charge in [-0.2, -0.15) is 11.8 Å². The summed E-state index contributed by atoms with van der Waals surface area (Å²) in [7, 11) is 0. The lowest BCUT2D eigenvalue weighted by molar-refractivity contribution is 0.132. The smallest absolute Gasteiger partial charge is 0.0625 e. The molecule has 0 radical (unpaired) electrons. The molecular weight excluding hydrogens is 290 g/mol. The Kier molecular flexibility index (Phi) is 9.85. The summed E-state index contributed by atoms with van der Waals surface area (Å²) in [5.41, 5.74) is 7.77. The maximum absolute atomic E-state index is 6.42. The zero-order valence-electron chi connectivity index (χ0n) is 14.5. The Morgan fingerprint density at radius 2 is 1.82 bits per heavy atom. The molecule has 0 fully saturated rings. The summed E-state index contributed by atoms with van der Waals surface area (Å²) in [6.45, 7) is 8.24. The number of hydrogen-bond acceptors (Lipinski definition) is 3. The van der Waals surface area contributed by atoms with Gasteiger partial charge in [-0.25, -0.2) is 0 Å². The zero-order chi connectivity index (χ0) is 16.3. The molecule has 1 atom stereocenters. The van der Waals surface area contributed by atoms with Crippen LogP contribution in [0.1, 0.15) is 63.7 Å². The molecule has 126 valence electrons. The zero-order valence-corrected chi connectivity index (χ0v) is 15.3. The normalized spacial score (nSPS) is 13.3. The molecule has 1 aromatic rings. The van der Waals surface area contributed by atoms with Gasteiger partial charge in [-0.15, -0.1) is 0 Å². The number of benzene rings is 1. The average molecular weight is 324 g/mol. The second kappa shape index (κ2) is 11.1. The van der Waals surface area contributed by atoms with E-state index in [0.29, 0.717) is 5.25 Å². The largest absolute Gasteiger partial charge is 0.380 e. The van der Waals surface area contributed by atoms with Crippen LogP contribution in [0.4, 0.5) is 0 Å². The third kappa shape index (κ3) is 7.17. The molecule has 0 aliphatic rings. The summed E-state index contributed by atoms with van der Waals surface area (Å²) in [4.78, 5) is 0. The lowest BCUT2D eigenvalue weighted by atomic mass is 9.91. The van der Waals surface area contributed by atoms with E-state index in [1.54, 1.807) is 0 Å². The topological polar surface area (TPSA) is 35.2 Å². The highest BCUT2D eigenvalue weighted by Crippen LogP contribution is 2.31. The van der Waals surface area contributed by atoms with E-state index in [4.69, 9.17) is 10.5 Å². The monoisotopic (exact) mass is 323 g/mol. The van der Waals surface area contributed by atoms with Crippen molar-refractivity contribution < 1.29 is 4.74 Å². The number of ether oxygens (including phenoxy) is 1. The van der Waals surface area contributed by atoms with Gasteiger partial charge in [0, 0.05) is 12.1 Å². The second-order valence-corrected chi connectivity index (χ2v) is 7.33. The van der Waals surface area contributed by atoms with Crippen LogP contribution in [0, 0.1) is 0 Å². The minimum absolute atomic E-state index is 0.00267. The van der Waals surface area contributed by atoms with Crippen molar-refractivity contribution >= 4 is 11.8 Å². The lowest BCUT2D eigenvalue weighted by Crippen LogP contribution is -2.38. The van der Waals surface area contributed by atoms with Gasteiger partial charge in [-0.3, -0.25) is 0 Å². The van der Waals surface area contributed by atoms with Crippen molar-refractivity contribution in [2.45, 2.75) is 63.7 Å². The molecule has 0 saturated carbocycles. The molecule has 2 nitrogen and oxygen atoms in total. The fraction of sp³-hybridized carbons (Fsp3) is 0.684. The third-order valence-corrected chi connectivity index (χ3v) is 5.66. The molecule has 0 aliphatic carbocycles. The van der Waals surface area contributed by atoms with Crippen molar-refractivity contribution in [1.29, 1.82) is 0 Å². The first-order valence-corrected chi connectivity index (χ1v) is 9.73. The Morgan fingerprint density at radius 3 is 2.41 bits per heavy atom. The number of thioether (sulfide) groups is 1. The Labute approximate surface area is 141 Å². The molecule has 0 aromatic heterocycles. The fourth-order valence-electron chi connectivity index (χ4n) is 2.35. The Bertz CT molecular complexity index is 378. The van der Waals surface area contributed by atoms with E-state index in [1.807, 2.05) is 11.8 Å². The maximum Gasteiger partial charge on any atom is 0.0625 e. The lowest BCUT2D eigenvalue weighted by Gasteiger charge is -2.27. The van der Waals surface area contributed by atoms with E-state index >= 15 is 0 Å². The quantitative estimate of drug-likeness (QED) is 0.538. The van der Waals surface area contributed by atoms with Crippen LogP contribution in [-0.2, 0) is 4.74 Å². The summed E-state index contributed by atoms with van der Waals surface area (Å²) in [5, 5.41) is 0.413. The highest BCUT2D eigenvalue weighted by atomic mass is 32.2. The molecule has 2 N–H and O–H groups in total. The van der Waals surface area contributed by atoms with Crippen molar-refractivity contribution in [3.8, 4) is 0 Å². The van der Waals surface area contributed by atoms with Crippen LogP contribution >= 0.6 is 11.8 Å². The number of hydrogen-bond donors (Lipinski definition) is 1. The third-order valence-electron chi connectivity index (χ3n) is 4.41. The molecule has 1 aromatic carbocycles. The minimum atomic E-state index is -0.00267. The van der Waals surface area contributed by atoms with Crippen LogP contribution in [0.2, 0.25) is 0 Å². The molecule has 0 bridgehead atoms. The van der Waals surface area contributed by atoms with Gasteiger partial charge in [0.15, 0.2) is 0 Å². The summed E-state index contributed by atoms with van der Waals surface area (Å²) in [6, 6.07) is 10.7. The summed E-state index contributed by atoms with van der Waals surface area (Å²) >= 11 is 1.99. The standard InChI is InChI=1S/C19H33NOS/c1-4-7-14-21-16-18(17-11-9-8-10-12-17)22-15-13-19(20,5-2)6-3/h8-12,18H,4-7,13-16,20H2,1-3H3. The molecule has 22 heavy (non-hydrogen) atoms. The second-order valence-electron chi connectivity index (χ2n) is 6.02. The van der Waals surface area contributed by atoms with Crippen LogP contribution in [-0.4, -0.2) is 24.5 Å². The van der Waals surface area contributed by atoms with Gasteiger partial charge in [-0.1, -0.05) is 57.5 Å². The number of rotatable bonds is 12. The van der Waals surface area contributed by atoms with Gasteiger partial charge < -0.3 is 10.5 Å². The highest BCUT2D eigenvalue weighted by molar-refractivity contribution is 7.99. The fourth-order valence-corrected chi connectivity index (χ4v) is 3.70. The average Bonchev–Trinajstić information content (AvgIpc) is 2.57. The summed E-state index contributed by atoms with van der Waals surface area (Å²) in [6.07, 6.45) is 5.50. The molecule has 0 amide bonds. The van der Waals surface area contributed by atoms with Crippen molar-refractivity contribution in [1.82, 2.24) is 0 Å². The molecule has 0 heterocycles. The van der Waals surface area contributed by atoms with Crippen molar-refractivity contribution in [2.75, 3.05) is 19.0 Å². The number of nitrogens with two attached hydrogens (primary N) is 1. The Hall–Kier alpha value is -0.510. The van der Waals surface area contributed by atoms with E-state index in [9.17, 15) is 0 Å². The van der Waals surface area contributed by atoms with Crippen LogP contribution in [0.15, 0.2) is 30.3 Å². The first-order chi connectivity index (χ1) is 10.6. The van der Waals surface area contributed by atoms with Gasteiger partial charge in [0.1, 0.15) is 0 Å². The van der Waals surface area contributed by atoms with Crippen molar-refractivity contribution in [2.24, 2.45) is 5.73 Å². The van der Waals surface area contributed by atoms with Gasteiger partial charge >= 0.3 is 0 Å². The van der Waals surface area contributed by atoms with Gasteiger partial charge in [0.25, 0.3) is 0 Å². The molecule has 0 spiro atoms. The van der Waals surface area contributed by atoms with E-state index < -0.39 is 0 Å². The van der Waals surface area contributed by atoms with Gasteiger partial charge in [0.05, 0.1) is 11.9 Å². The molecule has 3 heteroatoms. The number of unbranched alkanes of at least 4 members (excludes halogenated alkanes) is 1. The summed E-state index contributed by atoms with van der Waals surface area (Å²) in [5.74, 6) is 1.09. The predicted molar refractivity (Wildman–Crippen MR) is 99.5 cm³/mol. The molecular formula is C19H33NOS. The van der Waals surface area contributed by atoms with Crippen LogP contribution < -0.4 is 5.73 Å².